The number of carboxylic acids is 1. The molecule has 0 rings (SSSR count). The molecule has 0 aliphatic carbocycles. The molecule has 0 N–H and O–H groups in total. The standard InChI is InChI=1S/C16H28O2/c1-2-3-4-5-6-7-8-9-10-11-12-13-14-15-16(17)18/h3-6H,2,7-15H2,1H3,(H,17,18)/p-1/b4-3+,6-5+. The molecule has 0 bridgehead atoms. The monoisotopic (exact) mass is 251 g/mol. The Bertz CT molecular complexity index is 241. The first kappa shape index (κ1) is 16.9. The maximum absolute atomic E-state index is 10.2. The van der Waals surface area contributed by atoms with Crippen LogP contribution in [0, 0.1) is 0 Å². The predicted octanol–water partition coefficient (Wildman–Crippen LogP) is 3.77. The molecular formula is C16H27O2-. The van der Waals surface area contributed by atoms with Gasteiger partial charge in [0.05, 0.1) is 0 Å². The van der Waals surface area contributed by atoms with Crippen molar-refractivity contribution in [3.05, 3.63) is 24.3 Å². The van der Waals surface area contributed by atoms with Crippen molar-refractivity contribution in [2.24, 2.45) is 0 Å². The average molecular weight is 251 g/mol. The minimum absolute atomic E-state index is 0.218. The number of carbonyl (C=O) groups is 1. The van der Waals surface area contributed by atoms with Crippen LogP contribution in [-0.2, 0) is 4.79 Å². The number of aliphatic carboxylic acids is 1. The van der Waals surface area contributed by atoms with Gasteiger partial charge in [0, 0.05) is 5.97 Å². The average Bonchev–Trinajstić information content (AvgIpc) is 2.34. The van der Waals surface area contributed by atoms with Crippen molar-refractivity contribution in [3.63, 3.8) is 0 Å². The van der Waals surface area contributed by atoms with E-state index >= 15 is 0 Å². The molecule has 0 aromatic carbocycles. The molecule has 18 heavy (non-hydrogen) atoms. The summed E-state index contributed by atoms with van der Waals surface area (Å²) in [5, 5.41) is 10.2. The fourth-order valence-corrected chi connectivity index (χ4v) is 1.80. The van der Waals surface area contributed by atoms with Gasteiger partial charge >= 0.3 is 0 Å². The lowest BCUT2D eigenvalue weighted by Gasteiger charge is -2.02. The number of carboxylic acid groups (broad SMARTS) is 1. The molecule has 104 valence electrons. The molecule has 0 heterocycles. The van der Waals surface area contributed by atoms with E-state index in [9.17, 15) is 9.90 Å². The molecule has 0 fully saturated rings. The van der Waals surface area contributed by atoms with Gasteiger partial charge in [-0.2, -0.15) is 0 Å². The number of allylic oxidation sites excluding steroid dienone is 4. The van der Waals surface area contributed by atoms with Crippen molar-refractivity contribution in [3.8, 4) is 0 Å². The molecule has 0 unspecified atom stereocenters. The largest absolute Gasteiger partial charge is 0.550 e. The normalized spacial score (nSPS) is 11.6. The first-order chi connectivity index (χ1) is 8.77. The quantitative estimate of drug-likeness (QED) is 0.391. The lowest BCUT2D eigenvalue weighted by Crippen LogP contribution is -2.21. The summed E-state index contributed by atoms with van der Waals surface area (Å²) in [5.41, 5.74) is 0. The first-order valence-electron chi connectivity index (χ1n) is 7.29. The molecular weight excluding hydrogens is 224 g/mol. The third-order valence-corrected chi connectivity index (χ3v) is 2.87. The van der Waals surface area contributed by atoms with E-state index < -0.39 is 5.97 Å². The van der Waals surface area contributed by atoms with Crippen LogP contribution in [0.25, 0.3) is 0 Å². The van der Waals surface area contributed by atoms with E-state index in [1.807, 2.05) is 0 Å². The second-order valence-electron chi connectivity index (χ2n) is 4.65. The van der Waals surface area contributed by atoms with Gasteiger partial charge in [-0.05, 0) is 32.1 Å². The molecule has 0 amide bonds. The highest BCUT2D eigenvalue weighted by Gasteiger charge is 1.92. The zero-order chi connectivity index (χ0) is 13.5. The van der Waals surface area contributed by atoms with Gasteiger partial charge in [-0.1, -0.05) is 63.3 Å². The van der Waals surface area contributed by atoms with E-state index in [1.165, 1.54) is 32.1 Å². The van der Waals surface area contributed by atoms with E-state index in [0.717, 1.165) is 25.7 Å². The molecule has 0 aliphatic heterocycles. The van der Waals surface area contributed by atoms with Crippen LogP contribution in [0.5, 0.6) is 0 Å². The Morgan fingerprint density at radius 1 is 0.889 bits per heavy atom. The van der Waals surface area contributed by atoms with Gasteiger partial charge in [0.15, 0.2) is 0 Å². The fraction of sp³-hybridized carbons (Fsp3) is 0.688. The third kappa shape index (κ3) is 14.9. The summed E-state index contributed by atoms with van der Waals surface area (Å²) < 4.78 is 0. The van der Waals surface area contributed by atoms with E-state index in [-0.39, 0.29) is 6.42 Å². The van der Waals surface area contributed by atoms with Crippen LogP contribution in [0.2, 0.25) is 0 Å². The van der Waals surface area contributed by atoms with Crippen LogP contribution in [0.3, 0.4) is 0 Å². The number of carbonyl (C=O) groups excluding carboxylic acids is 1. The SMILES string of the molecule is CC/C=C/C=C/CCCCCCCCCC(=O)[O-]. The fourth-order valence-electron chi connectivity index (χ4n) is 1.80. The molecule has 0 saturated heterocycles. The topological polar surface area (TPSA) is 40.1 Å². The Morgan fingerprint density at radius 3 is 2.06 bits per heavy atom. The molecule has 0 atom stereocenters. The van der Waals surface area contributed by atoms with Gasteiger partial charge in [-0.15, -0.1) is 0 Å². The minimum Gasteiger partial charge on any atom is -0.550 e. The van der Waals surface area contributed by atoms with Crippen molar-refractivity contribution in [2.45, 2.75) is 71.1 Å². The van der Waals surface area contributed by atoms with Crippen LogP contribution in [0.15, 0.2) is 24.3 Å². The van der Waals surface area contributed by atoms with Gasteiger partial charge in [0.25, 0.3) is 0 Å². The van der Waals surface area contributed by atoms with Gasteiger partial charge in [0.1, 0.15) is 0 Å². The highest BCUT2D eigenvalue weighted by molar-refractivity contribution is 5.63. The smallest absolute Gasteiger partial charge is 0.0414 e. The molecule has 0 spiro atoms. The number of hydrogen-bond acceptors (Lipinski definition) is 2. The lowest BCUT2D eigenvalue weighted by atomic mass is 10.1. The van der Waals surface area contributed by atoms with Crippen molar-refractivity contribution in [1.29, 1.82) is 0 Å². The summed E-state index contributed by atoms with van der Waals surface area (Å²) in [5.74, 6) is -0.918. The van der Waals surface area contributed by atoms with Crippen molar-refractivity contribution in [1.82, 2.24) is 0 Å². The highest BCUT2D eigenvalue weighted by atomic mass is 16.4. The van der Waals surface area contributed by atoms with Crippen LogP contribution in [0.1, 0.15) is 71.1 Å². The number of rotatable bonds is 12. The second kappa shape index (κ2) is 14.0. The Morgan fingerprint density at radius 2 is 1.44 bits per heavy atom. The molecule has 0 aliphatic rings. The summed E-state index contributed by atoms with van der Waals surface area (Å²) >= 11 is 0. The van der Waals surface area contributed by atoms with Crippen LogP contribution >= 0.6 is 0 Å². The van der Waals surface area contributed by atoms with Gasteiger partial charge in [-0.3, -0.25) is 0 Å². The van der Waals surface area contributed by atoms with Gasteiger partial charge < -0.3 is 9.90 Å². The summed E-state index contributed by atoms with van der Waals surface area (Å²) in [6.07, 6.45) is 19.1. The van der Waals surface area contributed by atoms with E-state index in [2.05, 4.69) is 31.2 Å². The minimum atomic E-state index is -0.918. The molecule has 0 aromatic heterocycles. The second-order valence-corrected chi connectivity index (χ2v) is 4.65. The zero-order valence-electron chi connectivity index (χ0n) is 11.7. The zero-order valence-corrected chi connectivity index (χ0v) is 11.7. The van der Waals surface area contributed by atoms with Crippen LogP contribution in [-0.4, -0.2) is 5.97 Å². The Hall–Kier alpha value is -1.05. The maximum Gasteiger partial charge on any atom is 0.0414 e. The third-order valence-electron chi connectivity index (χ3n) is 2.87. The van der Waals surface area contributed by atoms with Crippen molar-refractivity contribution < 1.29 is 9.90 Å². The highest BCUT2D eigenvalue weighted by Crippen LogP contribution is 2.09. The van der Waals surface area contributed by atoms with E-state index in [4.69, 9.17) is 0 Å². The van der Waals surface area contributed by atoms with Crippen molar-refractivity contribution >= 4 is 5.97 Å². The van der Waals surface area contributed by atoms with E-state index in [0.29, 0.717) is 0 Å². The molecule has 0 aromatic rings. The molecule has 2 heteroatoms. The summed E-state index contributed by atoms with van der Waals surface area (Å²) in [6, 6.07) is 0. The summed E-state index contributed by atoms with van der Waals surface area (Å²) in [6.45, 7) is 2.14. The maximum atomic E-state index is 10.2. The number of unbranched alkanes of at least 4 members (excludes halogenated alkanes) is 7. The molecule has 0 saturated carbocycles. The predicted molar refractivity (Wildman–Crippen MR) is 75.1 cm³/mol. The van der Waals surface area contributed by atoms with Gasteiger partial charge in [0.2, 0.25) is 0 Å². The van der Waals surface area contributed by atoms with Crippen LogP contribution < -0.4 is 5.11 Å². The summed E-state index contributed by atoms with van der Waals surface area (Å²) in [4.78, 5) is 10.2. The van der Waals surface area contributed by atoms with Crippen LogP contribution in [0.4, 0.5) is 0 Å². The summed E-state index contributed by atoms with van der Waals surface area (Å²) in [7, 11) is 0. The lowest BCUT2D eigenvalue weighted by molar-refractivity contribution is -0.305. The molecule has 2 nitrogen and oxygen atoms in total. The Balaban J connectivity index is 3.09. The van der Waals surface area contributed by atoms with E-state index in [1.54, 1.807) is 0 Å². The number of hydrogen-bond donors (Lipinski definition) is 0. The Kier molecular flexibility index (Phi) is 13.2. The Labute approximate surface area is 112 Å². The molecule has 0 radical (unpaired) electrons. The van der Waals surface area contributed by atoms with Gasteiger partial charge in [-0.25, -0.2) is 0 Å². The first-order valence-corrected chi connectivity index (χ1v) is 7.29. The van der Waals surface area contributed by atoms with Crippen molar-refractivity contribution in [2.75, 3.05) is 0 Å².